The van der Waals surface area contributed by atoms with Gasteiger partial charge >= 0.3 is 0 Å². The first-order chi connectivity index (χ1) is 12.1. The van der Waals surface area contributed by atoms with E-state index in [1.165, 1.54) is 30.5 Å². The molecule has 0 saturated carbocycles. The third-order valence-corrected chi connectivity index (χ3v) is 6.67. The lowest BCUT2D eigenvalue weighted by Crippen LogP contribution is -2.49. The Bertz CT molecular complexity index is 827. The first-order valence-corrected chi connectivity index (χ1v) is 12.0. The number of piperazine rings is 1. The standard InChI is InChI=1S/C16H25N3O5S2/c1-3-17-26(23,24)15-6-4-14(5-7-15)16(20)19-10-8-18(9-11-19)12-13-25(2,21)22/h4-7,17H,3,8-13H2,1-2H3. The fraction of sp³-hybridized carbons (Fsp3) is 0.562. The summed E-state index contributed by atoms with van der Waals surface area (Å²) in [6, 6.07) is 5.88. The van der Waals surface area contributed by atoms with E-state index in [0.29, 0.717) is 44.8 Å². The summed E-state index contributed by atoms with van der Waals surface area (Å²) in [5.74, 6) is -0.0389. The second-order valence-corrected chi connectivity index (χ2v) is 10.3. The van der Waals surface area contributed by atoms with Gasteiger partial charge in [-0.2, -0.15) is 0 Å². The zero-order valence-electron chi connectivity index (χ0n) is 15.0. The summed E-state index contributed by atoms with van der Waals surface area (Å²) >= 11 is 0. The largest absolute Gasteiger partial charge is 0.336 e. The summed E-state index contributed by atoms with van der Waals surface area (Å²) in [5, 5.41) is 0. The van der Waals surface area contributed by atoms with E-state index in [0.717, 1.165) is 0 Å². The minimum absolute atomic E-state index is 0.114. The predicted molar refractivity (Wildman–Crippen MR) is 99.4 cm³/mol. The normalized spacial score (nSPS) is 16.6. The average Bonchev–Trinajstić information content (AvgIpc) is 2.59. The van der Waals surface area contributed by atoms with Gasteiger partial charge < -0.3 is 4.90 Å². The number of sulfonamides is 1. The van der Waals surface area contributed by atoms with Crippen molar-refractivity contribution in [2.45, 2.75) is 11.8 Å². The number of carbonyl (C=O) groups excluding carboxylic acids is 1. The van der Waals surface area contributed by atoms with Crippen molar-refractivity contribution in [2.24, 2.45) is 0 Å². The van der Waals surface area contributed by atoms with Crippen molar-refractivity contribution >= 4 is 25.8 Å². The van der Waals surface area contributed by atoms with Crippen LogP contribution in [0.1, 0.15) is 17.3 Å². The van der Waals surface area contributed by atoms with Gasteiger partial charge in [0.1, 0.15) is 9.84 Å². The number of hydrogen-bond donors (Lipinski definition) is 1. The molecule has 10 heteroatoms. The fourth-order valence-corrected chi connectivity index (χ4v) is 4.33. The van der Waals surface area contributed by atoms with Gasteiger partial charge in [0.05, 0.1) is 10.6 Å². The molecule has 1 N–H and O–H groups in total. The van der Waals surface area contributed by atoms with E-state index < -0.39 is 19.9 Å². The zero-order chi connectivity index (χ0) is 19.4. The van der Waals surface area contributed by atoms with Crippen LogP contribution in [0.5, 0.6) is 0 Å². The molecule has 0 unspecified atom stereocenters. The third-order valence-electron chi connectivity index (χ3n) is 4.18. The molecule has 1 aliphatic rings. The predicted octanol–water partition coefficient (Wildman–Crippen LogP) is -0.213. The SMILES string of the molecule is CCNS(=O)(=O)c1ccc(C(=O)N2CCN(CCS(C)(=O)=O)CC2)cc1. The minimum atomic E-state index is -3.53. The highest BCUT2D eigenvalue weighted by Gasteiger charge is 2.23. The number of carbonyl (C=O) groups is 1. The molecule has 0 aliphatic carbocycles. The molecule has 1 aromatic carbocycles. The second-order valence-electron chi connectivity index (χ2n) is 6.29. The van der Waals surface area contributed by atoms with Crippen LogP contribution in [0.2, 0.25) is 0 Å². The van der Waals surface area contributed by atoms with E-state index in [4.69, 9.17) is 0 Å². The van der Waals surface area contributed by atoms with Crippen molar-refractivity contribution in [2.75, 3.05) is 51.3 Å². The first-order valence-electron chi connectivity index (χ1n) is 8.41. The number of benzene rings is 1. The number of rotatable bonds is 7. The fourth-order valence-electron chi connectivity index (χ4n) is 2.70. The molecular weight excluding hydrogens is 378 g/mol. The zero-order valence-corrected chi connectivity index (χ0v) is 16.6. The number of nitrogens with zero attached hydrogens (tertiary/aromatic N) is 2. The van der Waals surface area contributed by atoms with Gasteiger partial charge in [0.25, 0.3) is 5.91 Å². The Morgan fingerprint density at radius 2 is 1.62 bits per heavy atom. The van der Waals surface area contributed by atoms with E-state index in [1.807, 2.05) is 4.90 Å². The molecule has 1 amide bonds. The van der Waals surface area contributed by atoms with Crippen LogP contribution in [0.25, 0.3) is 0 Å². The molecule has 0 atom stereocenters. The van der Waals surface area contributed by atoms with Crippen molar-refractivity contribution in [1.29, 1.82) is 0 Å². The second kappa shape index (κ2) is 8.47. The highest BCUT2D eigenvalue weighted by molar-refractivity contribution is 7.90. The average molecular weight is 404 g/mol. The van der Waals surface area contributed by atoms with E-state index in [-0.39, 0.29) is 16.6 Å². The van der Waals surface area contributed by atoms with Crippen LogP contribution in [0, 0.1) is 0 Å². The lowest BCUT2D eigenvalue weighted by molar-refractivity contribution is 0.0644. The Kier molecular flexibility index (Phi) is 6.78. The molecular formula is C16H25N3O5S2. The molecule has 0 radical (unpaired) electrons. The Morgan fingerprint density at radius 3 is 2.12 bits per heavy atom. The number of amides is 1. The Balaban J connectivity index is 1.94. The molecule has 2 rings (SSSR count). The van der Waals surface area contributed by atoms with Gasteiger partial charge in [-0.3, -0.25) is 9.69 Å². The van der Waals surface area contributed by atoms with Gasteiger partial charge in [-0.15, -0.1) is 0 Å². The first kappa shape index (κ1) is 20.8. The lowest BCUT2D eigenvalue weighted by Gasteiger charge is -2.34. The van der Waals surface area contributed by atoms with Gasteiger partial charge in [-0.25, -0.2) is 21.6 Å². The van der Waals surface area contributed by atoms with Crippen LogP contribution in [0.15, 0.2) is 29.2 Å². The van der Waals surface area contributed by atoms with Gasteiger partial charge in [-0.05, 0) is 24.3 Å². The maximum Gasteiger partial charge on any atom is 0.253 e. The molecule has 0 bridgehead atoms. The van der Waals surface area contributed by atoms with Gasteiger partial charge in [0.15, 0.2) is 0 Å². The highest BCUT2D eigenvalue weighted by atomic mass is 32.2. The molecule has 1 fully saturated rings. The van der Waals surface area contributed by atoms with E-state index in [9.17, 15) is 21.6 Å². The topological polar surface area (TPSA) is 104 Å². The number of sulfone groups is 1. The summed E-state index contributed by atoms with van der Waals surface area (Å²) in [5.41, 5.74) is 0.435. The summed E-state index contributed by atoms with van der Waals surface area (Å²) in [7, 11) is -6.53. The van der Waals surface area contributed by atoms with E-state index >= 15 is 0 Å². The molecule has 0 spiro atoms. The summed E-state index contributed by atoms with van der Waals surface area (Å²) < 4.78 is 48.7. The minimum Gasteiger partial charge on any atom is -0.336 e. The summed E-state index contributed by atoms with van der Waals surface area (Å²) in [6.07, 6.45) is 1.21. The van der Waals surface area contributed by atoms with Crippen LogP contribution < -0.4 is 4.72 Å². The maximum atomic E-state index is 12.6. The Morgan fingerprint density at radius 1 is 1.04 bits per heavy atom. The Labute approximate surface area is 155 Å². The van der Waals surface area contributed by atoms with Crippen LogP contribution in [-0.2, 0) is 19.9 Å². The molecule has 1 aromatic rings. The lowest BCUT2D eigenvalue weighted by atomic mass is 10.2. The van der Waals surface area contributed by atoms with Gasteiger partial charge in [0.2, 0.25) is 10.0 Å². The van der Waals surface area contributed by atoms with Crippen molar-refractivity contribution in [3.05, 3.63) is 29.8 Å². The molecule has 26 heavy (non-hydrogen) atoms. The van der Waals surface area contributed by atoms with E-state index in [1.54, 1.807) is 11.8 Å². The van der Waals surface area contributed by atoms with Crippen molar-refractivity contribution in [3.8, 4) is 0 Å². The van der Waals surface area contributed by atoms with Crippen LogP contribution >= 0.6 is 0 Å². The number of hydrogen-bond acceptors (Lipinski definition) is 6. The molecule has 1 saturated heterocycles. The van der Waals surface area contributed by atoms with Crippen LogP contribution in [0.4, 0.5) is 0 Å². The number of nitrogens with one attached hydrogen (secondary N) is 1. The van der Waals surface area contributed by atoms with Crippen molar-refractivity contribution < 1.29 is 21.6 Å². The molecule has 1 aliphatic heterocycles. The van der Waals surface area contributed by atoms with Crippen molar-refractivity contribution in [3.63, 3.8) is 0 Å². The van der Waals surface area contributed by atoms with Gasteiger partial charge in [-0.1, -0.05) is 6.92 Å². The third kappa shape index (κ3) is 5.76. The highest BCUT2D eigenvalue weighted by Crippen LogP contribution is 2.13. The summed E-state index contributed by atoms with van der Waals surface area (Å²) in [6.45, 7) is 4.73. The smallest absolute Gasteiger partial charge is 0.253 e. The maximum absolute atomic E-state index is 12.6. The molecule has 146 valence electrons. The van der Waals surface area contributed by atoms with Gasteiger partial charge in [0, 0.05) is 51.1 Å². The molecule has 0 aromatic heterocycles. The summed E-state index contributed by atoms with van der Waals surface area (Å²) in [4.78, 5) is 16.4. The van der Waals surface area contributed by atoms with Crippen molar-refractivity contribution in [1.82, 2.24) is 14.5 Å². The molecule has 8 nitrogen and oxygen atoms in total. The monoisotopic (exact) mass is 403 g/mol. The molecule has 1 heterocycles. The Hall–Kier alpha value is -1.49. The van der Waals surface area contributed by atoms with Crippen LogP contribution in [-0.4, -0.2) is 83.8 Å². The van der Waals surface area contributed by atoms with E-state index in [2.05, 4.69) is 4.72 Å². The van der Waals surface area contributed by atoms with Crippen LogP contribution in [0.3, 0.4) is 0 Å². The quantitative estimate of drug-likeness (QED) is 0.675.